The summed E-state index contributed by atoms with van der Waals surface area (Å²) in [5.74, 6) is 1.61. The molecule has 3 aromatic rings. The standard InChI is InChI=1S/C27H34N2O4/c1-32-26-16-22(27-3-2-14-33-27)15-23(17-26)28-11-8-20-4-6-21(7-5-20)9-12-29-13-10-25(31)18-24(29)19-30/h2-7,14-17,24-25,28,30-31H,8-13,18-19H2,1H3/t24-,25+/m0/s1. The number of aliphatic hydroxyl groups excluding tert-OH is 2. The summed E-state index contributed by atoms with van der Waals surface area (Å²) in [6, 6.07) is 18.7. The van der Waals surface area contributed by atoms with Gasteiger partial charge in [0.15, 0.2) is 0 Å². The number of nitrogens with zero attached hydrogens (tertiary/aromatic N) is 1. The monoisotopic (exact) mass is 450 g/mol. The summed E-state index contributed by atoms with van der Waals surface area (Å²) in [4.78, 5) is 2.30. The van der Waals surface area contributed by atoms with Crippen LogP contribution >= 0.6 is 0 Å². The summed E-state index contributed by atoms with van der Waals surface area (Å²) in [5.41, 5.74) is 4.57. The Bertz CT molecular complexity index is 988. The number of benzene rings is 2. The van der Waals surface area contributed by atoms with Crippen molar-refractivity contribution >= 4 is 5.69 Å². The van der Waals surface area contributed by atoms with Crippen molar-refractivity contribution in [2.45, 2.75) is 37.8 Å². The third-order valence-corrected chi connectivity index (χ3v) is 6.42. The van der Waals surface area contributed by atoms with Crippen molar-refractivity contribution in [1.29, 1.82) is 0 Å². The van der Waals surface area contributed by atoms with Crippen molar-refractivity contribution < 1.29 is 19.4 Å². The quantitative estimate of drug-likeness (QED) is 0.434. The number of likely N-dealkylation sites (tertiary alicyclic amines) is 1. The predicted molar refractivity (Wildman–Crippen MR) is 131 cm³/mol. The Morgan fingerprint density at radius 2 is 1.88 bits per heavy atom. The minimum absolute atomic E-state index is 0.0732. The molecule has 0 spiro atoms. The van der Waals surface area contributed by atoms with Gasteiger partial charge in [0, 0.05) is 43.0 Å². The van der Waals surface area contributed by atoms with Crippen molar-refractivity contribution in [2.24, 2.45) is 0 Å². The molecule has 1 saturated heterocycles. The molecule has 2 heterocycles. The number of hydrogen-bond acceptors (Lipinski definition) is 6. The van der Waals surface area contributed by atoms with Crippen LogP contribution in [0.3, 0.4) is 0 Å². The van der Waals surface area contributed by atoms with E-state index in [1.165, 1.54) is 11.1 Å². The lowest BCUT2D eigenvalue weighted by Gasteiger charge is -2.36. The molecule has 1 aromatic heterocycles. The maximum absolute atomic E-state index is 9.82. The molecular formula is C27H34N2O4. The smallest absolute Gasteiger partial charge is 0.134 e. The van der Waals surface area contributed by atoms with Gasteiger partial charge in [0.2, 0.25) is 0 Å². The van der Waals surface area contributed by atoms with Crippen LogP contribution in [-0.4, -0.2) is 60.6 Å². The summed E-state index contributed by atoms with van der Waals surface area (Å²) in [6.07, 6.45) is 4.72. The Morgan fingerprint density at radius 1 is 1.09 bits per heavy atom. The van der Waals surface area contributed by atoms with Crippen LogP contribution in [0.1, 0.15) is 24.0 Å². The number of rotatable bonds is 10. The van der Waals surface area contributed by atoms with Gasteiger partial charge in [-0.15, -0.1) is 0 Å². The topological polar surface area (TPSA) is 78.1 Å². The maximum Gasteiger partial charge on any atom is 0.134 e. The van der Waals surface area contributed by atoms with Crippen molar-refractivity contribution in [3.63, 3.8) is 0 Å². The molecule has 0 radical (unpaired) electrons. The average molecular weight is 451 g/mol. The van der Waals surface area contributed by atoms with Gasteiger partial charge in [-0.3, -0.25) is 4.90 Å². The van der Waals surface area contributed by atoms with E-state index in [1.807, 2.05) is 24.3 Å². The Morgan fingerprint density at radius 3 is 2.58 bits per heavy atom. The number of methoxy groups -OCH3 is 1. The Labute approximate surface area is 195 Å². The van der Waals surface area contributed by atoms with Crippen LogP contribution in [0.5, 0.6) is 5.75 Å². The molecule has 1 aliphatic rings. The zero-order valence-corrected chi connectivity index (χ0v) is 19.2. The van der Waals surface area contributed by atoms with Crippen LogP contribution in [0, 0.1) is 0 Å². The number of piperidine rings is 1. The molecule has 2 atom stereocenters. The van der Waals surface area contributed by atoms with Gasteiger partial charge in [-0.2, -0.15) is 0 Å². The third-order valence-electron chi connectivity index (χ3n) is 6.42. The fourth-order valence-electron chi connectivity index (χ4n) is 4.46. The summed E-state index contributed by atoms with van der Waals surface area (Å²) in [5, 5.41) is 22.9. The molecule has 2 aromatic carbocycles. The van der Waals surface area contributed by atoms with Crippen molar-refractivity contribution in [3.05, 3.63) is 72.0 Å². The molecule has 33 heavy (non-hydrogen) atoms. The van der Waals surface area contributed by atoms with E-state index in [0.29, 0.717) is 6.42 Å². The van der Waals surface area contributed by atoms with Crippen LogP contribution in [0.15, 0.2) is 65.3 Å². The lowest BCUT2D eigenvalue weighted by Crippen LogP contribution is -2.47. The van der Waals surface area contributed by atoms with Gasteiger partial charge in [-0.1, -0.05) is 24.3 Å². The number of anilines is 1. The first kappa shape index (κ1) is 23.4. The lowest BCUT2D eigenvalue weighted by atomic mass is 9.99. The molecule has 4 rings (SSSR count). The first-order chi connectivity index (χ1) is 16.1. The molecule has 1 aliphatic heterocycles. The molecule has 1 fully saturated rings. The molecule has 6 nitrogen and oxygen atoms in total. The first-order valence-electron chi connectivity index (χ1n) is 11.7. The first-order valence-corrected chi connectivity index (χ1v) is 11.7. The Balaban J connectivity index is 1.27. The molecular weight excluding hydrogens is 416 g/mol. The highest BCUT2D eigenvalue weighted by Crippen LogP contribution is 2.29. The second-order valence-electron chi connectivity index (χ2n) is 8.72. The highest BCUT2D eigenvalue weighted by molar-refractivity contribution is 5.67. The number of hydrogen-bond donors (Lipinski definition) is 3. The van der Waals surface area contributed by atoms with Gasteiger partial charge in [-0.25, -0.2) is 0 Å². The number of furan rings is 1. The second kappa shape index (κ2) is 11.4. The van der Waals surface area contributed by atoms with E-state index >= 15 is 0 Å². The number of aliphatic hydroxyl groups is 2. The Kier molecular flexibility index (Phi) is 8.05. The predicted octanol–water partition coefficient (Wildman–Crippen LogP) is 3.97. The molecule has 3 N–H and O–H groups in total. The molecule has 0 bridgehead atoms. The number of nitrogens with one attached hydrogen (secondary N) is 1. The summed E-state index contributed by atoms with van der Waals surface area (Å²) in [7, 11) is 1.67. The lowest BCUT2D eigenvalue weighted by molar-refractivity contribution is 0.0177. The number of ether oxygens (including phenoxy) is 1. The molecule has 6 heteroatoms. The minimum atomic E-state index is -0.278. The van der Waals surface area contributed by atoms with Crippen molar-refractivity contribution in [1.82, 2.24) is 4.90 Å². The van der Waals surface area contributed by atoms with Crippen LogP contribution in [0.4, 0.5) is 5.69 Å². The van der Waals surface area contributed by atoms with Gasteiger partial charge in [0.05, 0.1) is 26.1 Å². The van der Waals surface area contributed by atoms with Crippen molar-refractivity contribution in [3.8, 4) is 17.1 Å². The Hall–Kier alpha value is -2.80. The highest BCUT2D eigenvalue weighted by Gasteiger charge is 2.26. The fraction of sp³-hybridized carbons (Fsp3) is 0.407. The fourth-order valence-corrected chi connectivity index (χ4v) is 4.46. The van der Waals surface area contributed by atoms with E-state index in [2.05, 4.69) is 40.5 Å². The normalized spacial score (nSPS) is 18.9. The maximum atomic E-state index is 9.82. The van der Waals surface area contributed by atoms with E-state index in [4.69, 9.17) is 9.15 Å². The molecule has 0 saturated carbocycles. The van der Waals surface area contributed by atoms with Gasteiger partial charge >= 0.3 is 0 Å². The van der Waals surface area contributed by atoms with E-state index in [-0.39, 0.29) is 18.8 Å². The molecule has 0 aliphatic carbocycles. The summed E-state index contributed by atoms with van der Waals surface area (Å²) < 4.78 is 11.0. The van der Waals surface area contributed by atoms with E-state index < -0.39 is 0 Å². The molecule has 176 valence electrons. The third kappa shape index (κ3) is 6.38. The summed E-state index contributed by atoms with van der Waals surface area (Å²) >= 11 is 0. The average Bonchev–Trinajstić information content (AvgIpc) is 3.39. The SMILES string of the molecule is COc1cc(NCCc2ccc(CCN3CC[C@@H](O)C[C@H]3CO)cc2)cc(-c2ccco2)c1. The zero-order valence-electron chi connectivity index (χ0n) is 19.2. The van der Waals surface area contributed by atoms with Gasteiger partial charge < -0.3 is 24.7 Å². The van der Waals surface area contributed by atoms with Crippen LogP contribution in [0.2, 0.25) is 0 Å². The van der Waals surface area contributed by atoms with Gasteiger partial charge in [-0.05, 0) is 61.1 Å². The second-order valence-corrected chi connectivity index (χ2v) is 8.72. The zero-order chi connectivity index (χ0) is 23.0. The molecule has 0 unspecified atom stereocenters. The van der Waals surface area contributed by atoms with Gasteiger partial charge in [0.25, 0.3) is 0 Å². The van der Waals surface area contributed by atoms with Crippen LogP contribution in [-0.2, 0) is 12.8 Å². The van der Waals surface area contributed by atoms with E-state index in [9.17, 15) is 10.2 Å². The minimum Gasteiger partial charge on any atom is -0.497 e. The van der Waals surface area contributed by atoms with Crippen molar-refractivity contribution in [2.75, 3.05) is 38.7 Å². The van der Waals surface area contributed by atoms with Crippen LogP contribution in [0.25, 0.3) is 11.3 Å². The molecule has 0 amide bonds. The van der Waals surface area contributed by atoms with E-state index in [0.717, 1.165) is 61.7 Å². The van der Waals surface area contributed by atoms with Crippen LogP contribution < -0.4 is 10.1 Å². The van der Waals surface area contributed by atoms with E-state index in [1.54, 1.807) is 13.4 Å². The largest absolute Gasteiger partial charge is 0.497 e. The highest BCUT2D eigenvalue weighted by atomic mass is 16.5. The summed E-state index contributed by atoms with van der Waals surface area (Å²) in [6.45, 7) is 2.69. The van der Waals surface area contributed by atoms with Gasteiger partial charge in [0.1, 0.15) is 11.5 Å².